The first-order chi connectivity index (χ1) is 11.0. The van der Waals surface area contributed by atoms with Crippen molar-refractivity contribution in [3.8, 4) is 0 Å². The Balaban J connectivity index is 2.00. The van der Waals surface area contributed by atoms with Gasteiger partial charge in [-0.2, -0.15) is 5.10 Å². The van der Waals surface area contributed by atoms with E-state index in [2.05, 4.69) is 20.8 Å². The lowest BCUT2D eigenvalue weighted by atomic mass is 10.1. The molecule has 0 aliphatic carbocycles. The van der Waals surface area contributed by atoms with E-state index in [0.29, 0.717) is 11.3 Å². The van der Waals surface area contributed by atoms with Crippen LogP contribution in [0.5, 0.6) is 0 Å². The molecule has 0 saturated heterocycles. The molecule has 2 rings (SSSR count). The zero-order chi connectivity index (χ0) is 16.8. The second kappa shape index (κ2) is 7.57. The van der Waals surface area contributed by atoms with Crippen molar-refractivity contribution in [3.63, 3.8) is 0 Å². The fourth-order valence-electron chi connectivity index (χ4n) is 1.66. The summed E-state index contributed by atoms with van der Waals surface area (Å²) in [5.74, 6) is -1.09. The van der Waals surface area contributed by atoms with Crippen molar-refractivity contribution in [2.24, 2.45) is 5.10 Å². The second-order valence-corrected chi connectivity index (χ2v) is 4.99. The standard InChI is InChI=1S/C14H10Cl2N4O3/c15-11-5-9(6-12(16)19-11)18-14(23)20-17-7-8-3-1-2-4-10(8)13(21)22/h1-7H,(H,21,22)(H2,18,19,20,23)/b17-7-. The third-order valence-electron chi connectivity index (χ3n) is 2.58. The Bertz CT molecular complexity index is 760. The molecule has 1 heterocycles. The highest BCUT2D eigenvalue weighted by atomic mass is 35.5. The summed E-state index contributed by atoms with van der Waals surface area (Å²) in [5, 5.41) is 15.4. The molecule has 0 radical (unpaired) electrons. The maximum absolute atomic E-state index is 11.7. The Morgan fingerprint density at radius 3 is 2.48 bits per heavy atom. The molecule has 3 N–H and O–H groups in total. The molecule has 118 valence electrons. The van der Waals surface area contributed by atoms with Gasteiger partial charge in [-0.25, -0.2) is 20.0 Å². The first kappa shape index (κ1) is 16.7. The van der Waals surface area contributed by atoms with Gasteiger partial charge in [-0.3, -0.25) is 0 Å². The third-order valence-corrected chi connectivity index (χ3v) is 2.97. The summed E-state index contributed by atoms with van der Waals surface area (Å²) in [4.78, 5) is 26.5. The number of benzene rings is 1. The summed E-state index contributed by atoms with van der Waals surface area (Å²) in [7, 11) is 0. The van der Waals surface area contributed by atoms with E-state index in [9.17, 15) is 9.59 Å². The number of carboxylic acids is 1. The first-order valence-electron chi connectivity index (χ1n) is 6.21. The molecule has 1 aromatic carbocycles. The number of hydrogen-bond acceptors (Lipinski definition) is 4. The molecule has 0 aliphatic rings. The monoisotopic (exact) mass is 352 g/mol. The highest BCUT2D eigenvalue weighted by Crippen LogP contribution is 2.18. The molecule has 1 aromatic heterocycles. The molecule has 9 heteroatoms. The Morgan fingerprint density at radius 2 is 1.83 bits per heavy atom. The molecule has 0 atom stereocenters. The number of aromatic nitrogens is 1. The van der Waals surface area contributed by atoms with Crippen LogP contribution in [0.1, 0.15) is 15.9 Å². The highest BCUT2D eigenvalue weighted by Gasteiger charge is 2.07. The zero-order valence-electron chi connectivity index (χ0n) is 11.5. The van der Waals surface area contributed by atoms with Gasteiger partial charge in [-0.1, -0.05) is 41.4 Å². The van der Waals surface area contributed by atoms with E-state index in [0.717, 1.165) is 0 Å². The van der Waals surface area contributed by atoms with E-state index in [1.807, 2.05) is 0 Å². The highest BCUT2D eigenvalue weighted by molar-refractivity contribution is 6.32. The number of nitrogens with one attached hydrogen (secondary N) is 2. The number of hydrazone groups is 1. The third kappa shape index (κ3) is 4.94. The summed E-state index contributed by atoms with van der Waals surface area (Å²) in [6, 6.07) is 8.44. The van der Waals surface area contributed by atoms with Crippen LogP contribution in [-0.2, 0) is 0 Å². The van der Waals surface area contributed by atoms with Crippen LogP contribution in [0.15, 0.2) is 41.5 Å². The number of urea groups is 1. The number of carbonyl (C=O) groups excluding carboxylic acids is 1. The fraction of sp³-hybridized carbons (Fsp3) is 0. The largest absolute Gasteiger partial charge is 0.478 e. The van der Waals surface area contributed by atoms with Gasteiger partial charge in [0.1, 0.15) is 10.3 Å². The Kier molecular flexibility index (Phi) is 5.51. The predicted octanol–water partition coefficient (Wildman–Crippen LogP) is 3.24. The van der Waals surface area contributed by atoms with Crippen LogP contribution in [0.3, 0.4) is 0 Å². The molecular weight excluding hydrogens is 343 g/mol. The van der Waals surface area contributed by atoms with Crippen LogP contribution < -0.4 is 10.7 Å². The maximum atomic E-state index is 11.7. The van der Waals surface area contributed by atoms with Gasteiger partial charge in [-0.15, -0.1) is 0 Å². The van der Waals surface area contributed by atoms with Gasteiger partial charge >= 0.3 is 12.0 Å². The van der Waals surface area contributed by atoms with Crippen molar-refractivity contribution in [1.29, 1.82) is 0 Å². The topological polar surface area (TPSA) is 104 Å². The lowest BCUT2D eigenvalue weighted by Gasteiger charge is -2.05. The molecule has 7 nitrogen and oxygen atoms in total. The van der Waals surface area contributed by atoms with E-state index in [1.54, 1.807) is 18.2 Å². The van der Waals surface area contributed by atoms with Crippen molar-refractivity contribution in [3.05, 3.63) is 57.8 Å². The van der Waals surface area contributed by atoms with E-state index < -0.39 is 12.0 Å². The van der Waals surface area contributed by atoms with Gasteiger partial charge in [0.15, 0.2) is 0 Å². The Morgan fingerprint density at radius 1 is 1.17 bits per heavy atom. The molecule has 2 aromatic rings. The number of hydrogen-bond donors (Lipinski definition) is 3. The Labute approximate surface area is 140 Å². The minimum atomic E-state index is -1.09. The minimum absolute atomic E-state index is 0.0751. The molecule has 0 spiro atoms. The van der Waals surface area contributed by atoms with Gasteiger partial charge < -0.3 is 10.4 Å². The van der Waals surface area contributed by atoms with Crippen LogP contribution in [0, 0.1) is 0 Å². The van der Waals surface area contributed by atoms with Gasteiger partial charge in [0.25, 0.3) is 0 Å². The van der Waals surface area contributed by atoms with Crippen LogP contribution in [0.25, 0.3) is 0 Å². The average molecular weight is 353 g/mol. The lowest BCUT2D eigenvalue weighted by Crippen LogP contribution is -2.24. The van der Waals surface area contributed by atoms with E-state index in [-0.39, 0.29) is 15.9 Å². The fourth-order valence-corrected chi connectivity index (χ4v) is 2.12. The van der Waals surface area contributed by atoms with Gasteiger partial charge in [0, 0.05) is 11.3 Å². The number of rotatable bonds is 4. The smallest absolute Gasteiger partial charge is 0.339 e. The maximum Gasteiger partial charge on any atom is 0.339 e. The van der Waals surface area contributed by atoms with E-state index in [1.165, 1.54) is 24.4 Å². The number of carbonyl (C=O) groups is 2. The zero-order valence-corrected chi connectivity index (χ0v) is 13.0. The predicted molar refractivity (Wildman–Crippen MR) is 87.4 cm³/mol. The summed E-state index contributed by atoms with van der Waals surface area (Å²) < 4.78 is 0. The van der Waals surface area contributed by atoms with E-state index in [4.69, 9.17) is 28.3 Å². The van der Waals surface area contributed by atoms with Crippen molar-refractivity contribution >= 4 is 47.1 Å². The molecule has 0 bridgehead atoms. The number of halogens is 2. The lowest BCUT2D eigenvalue weighted by molar-refractivity contribution is 0.0696. The molecule has 0 saturated carbocycles. The number of nitrogens with zero attached hydrogens (tertiary/aromatic N) is 2. The van der Waals surface area contributed by atoms with Gasteiger partial charge in [-0.05, 0) is 18.2 Å². The van der Waals surface area contributed by atoms with E-state index >= 15 is 0 Å². The second-order valence-electron chi connectivity index (χ2n) is 4.22. The number of aromatic carboxylic acids is 1. The molecular formula is C14H10Cl2N4O3. The number of carboxylic acid groups (broad SMARTS) is 1. The minimum Gasteiger partial charge on any atom is -0.478 e. The average Bonchev–Trinajstić information content (AvgIpc) is 2.46. The summed E-state index contributed by atoms with van der Waals surface area (Å²) in [5.41, 5.74) is 2.98. The summed E-state index contributed by atoms with van der Waals surface area (Å²) in [6.45, 7) is 0. The van der Waals surface area contributed by atoms with Gasteiger partial charge in [0.05, 0.1) is 11.8 Å². The van der Waals surface area contributed by atoms with Crippen molar-refractivity contribution in [2.75, 3.05) is 5.32 Å². The quantitative estimate of drug-likeness (QED) is 0.446. The van der Waals surface area contributed by atoms with Crippen molar-refractivity contribution < 1.29 is 14.7 Å². The van der Waals surface area contributed by atoms with Crippen molar-refractivity contribution in [1.82, 2.24) is 10.4 Å². The number of amides is 2. The molecule has 0 fully saturated rings. The first-order valence-corrected chi connectivity index (χ1v) is 6.97. The normalized spacial score (nSPS) is 10.5. The van der Waals surface area contributed by atoms with Crippen molar-refractivity contribution in [2.45, 2.75) is 0 Å². The van der Waals surface area contributed by atoms with Crippen LogP contribution >= 0.6 is 23.2 Å². The van der Waals surface area contributed by atoms with Gasteiger partial charge in [0.2, 0.25) is 0 Å². The SMILES string of the molecule is O=C(N/N=C\c1ccccc1C(=O)O)Nc1cc(Cl)nc(Cl)c1. The van der Waals surface area contributed by atoms with Crippen LogP contribution in [-0.4, -0.2) is 28.3 Å². The summed E-state index contributed by atoms with van der Waals surface area (Å²) in [6.07, 6.45) is 1.23. The van der Waals surface area contributed by atoms with Crippen LogP contribution in [0.2, 0.25) is 10.3 Å². The molecule has 0 unspecified atom stereocenters. The number of pyridine rings is 1. The Hall–Kier alpha value is -2.64. The van der Waals surface area contributed by atoms with Crippen LogP contribution in [0.4, 0.5) is 10.5 Å². The molecule has 2 amide bonds. The molecule has 23 heavy (non-hydrogen) atoms. The number of anilines is 1. The molecule has 0 aliphatic heterocycles. The summed E-state index contributed by atoms with van der Waals surface area (Å²) >= 11 is 11.4.